The molecule has 1 aromatic carbocycles. The molecule has 106 valence electrons. The maximum atomic E-state index is 12.1. The second-order valence-electron chi connectivity index (χ2n) is 4.25. The Morgan fingerprint density at radius 3 is 2.62 bits per heavy atom. The summed E-state index contributed by atoms with van der Waals surface area (Å²) in [4.78, 5) is 26.2. The van der Waals surface area contributed by atoms with Gasteiger partial charge in [0, 0.05) is 16.0 Å². The zero-order valence-electron chi connectivity index (χ0n) is 10.5. The third-order valence-electron chi connectivity index (χ3n) is 2.99. The number of aromatic hydroxyl groups is 1. The molecule has 21 heavy (non-hydrogen) atoms. The van der Waals surface area contributed by atoms with Crippen molar-refractivity contribution in [2.45, 2.75) is 0 Å². The van der Waals surface area contributed by atoms with Crippen molar-refractivity contribution in [2.24, 2.45) is 0 Å². The fraction of sp³-hybridized carbons (Fsp3) is 0. The predicted octanol–water partition coefficient (Wildman–Crippen LogP) is 2.61. The van der Waals surface area contributed by atoms with Crippen molar-refractivity contribution in [3.05, 3.63) is 67.0 Å². The Kier molecular flexibility index (Phi) is 3.40. The highest BCUT2D eigenvalue weighted by Crippen LogP contribution is 2.31. The second kappa shape index (κ2) is 5.23. The normalized spacial score (nSPS) is 10.7. The van der Waals surface area contributed by atoms with E-state index in [1.54, 1.807) is 41.1 Å². The summed E-state index contributed by atoms with van der Waals surface area (Å²) in [6, 6.07) is 8.29. The molecule has 0 spiro atoms. The standard InChI is InChI=1S/C14H9ClN2O3S/c15-10-4-2-1-3-9(10)11-12(18)16-14(20)17(13(11)19)8-5-6-21-7-8/h1-7,19H,(H,16,18,20). The van der Waals surface area contributed by atoms with Gasteiger partial charge in [-0.15, -0.1) is 0 Å². The molecular formula is C14H9ClN2O3S. The highest BCUT2D eigenvalue weighted by Gasteiger charge is 2.18. The van der Waals surface area contributed by atoms with Crippen molar-refractivity contribution in [1.29, 1.82) is 0 Å². The second-order valence-corrected chi connectivity index (χ2v) is 5.44. The van der Waals surface area contributed by atoms with Gasteiger partial charge in [0.1, 0.15) is 5.56 Å². The predicted molar refractivity (Wildman–Crippen MR) is 82.6 cm³/mol. The van der Waals surface area contributed by atoms with Gasteiger partial charge in [0.15, 0.2) is 0 Å². The first-order valence-corrected chi connectivity index (χ1v) is 7.27. The van der Waals surface area contributed by atoms with Gasteiger partial charge in [-0.25, -0.2) is 9.36 Å². The van der Waals surface area contributed by atoms with Crippen LogP contribution in [0.2, 0.25) is 5.02 Å². The van der Waals surface area contributed by atoms with Crippen molar-refractivity contribution in [3.63, 3.8) is 0 Å². The summed E-state index contributed by atoms with van der Waals surface area (Å²) in [6.45, 7) is 0. The topological polar surface area (TPSA) is 75.1 Å². The van der Waals surface area contributed by atoms with E-state index in [4.69, 9.17) is 11.6 Å². The molecule has 2 heterocycles. The zero-order chi connectivity index (χ0) is 15.0. The summed E-state index contributed by atoms with van der Waals surface area (Å²) in [7, 11) is 0. The van der Waals surface area contributed by atoms with E-state index in [1.807, 2.05) is 0 Å². The lowest BCUT2D eigenvalue weighted by Gasteiger charge is -2.11. The van der Waals surface area contributed by atoms with Gasteiger partial charge in [0.25, 0.3) is 5.56 Å². The number of hydrogen-bond donors (Lipinski definition) is 2. The molecular weight excluding hydrogens is 312 g/mol. The van der Waals surface area contributed by atoms with E-state index in [0.717, 1.165) is 4.57 Å². The summed E-state index contributed by atoms with van der Waals surface area (Å²) in [6.07, 6.45) is 0. The molecule has 0 aliphatic carbocycles. The van der Waals surface area contributed by atoms with Gasteiger partial charge >= 0.3 is 5.69 Å². The number of halogens is 1. The molecule has 0 saturated carbocycles. The van der Waals surface area contributed by atoms with Crippen LogP contribution in [0.1, 0.15) is 0 Å². The monoisotopic (exact) mass is 320 g/mol. The Morgan fingerprint density at radius 1 is 1.19 bits per heavy atom. The molecule has 0 saturated heterocycles. The molecule has 3 aromatic rings. The Bertz CT molecular complexity index is 913. The zero-order valence-corrected chi connectivity index (χ0v) is 12.1. The fourth-order valence-electron chi connectivity index (χ4n) is 2.06. The maximum absolute atomic E-state index is 12.1. The van der Waals surface area contributed by atoms with Gasteiger partial charge in [-0.2, -0.15) is 11.3 Å². The van der Waals surface area contributed by atoms with Crippen LogP contribution >= 0.6 is 22.9 Å². The molecule has 2 N–H and O–H groups in total. The van der Waals surface area contributed by atoms with Crippen LogP contribution in [0.4, 0.5) is 0 Å². The lowest BCUT2D eigenvalue weighted by atomic mass is 10.1. The summed E-state index contributed by atoms with van der Waals surface area (Å²) < 4.78 is 1.04. The van der Waals surface area contributed by atoms with E-state index in [2.05, 4.69) is 4.98 Å². The lowest BCUT2D eigenvalue weighted by Crippen LogP contribution is -2.29. The number of nitrogens with zero attached hydrogens (tertiary/aromatic N) is 1. The fourth-order valence-corrected chi connectivity index (χ4v) is 2.91. The summed E-state index contributed by atoms with van der Waals surface area (Å²) >= 11 is 7.44. The van der Waals surface area contributed by atoms with Crippen molar-refractivity contribution in [1.82, 2.24) is 9.55 Å². The van der Waals surface area contributed by atoms with E-state index in [9.17, 15) is 14.7 Å². The third kappa shape index (κ3) is 2.28. The van der Waals surface area contributed by atoms with Crippen molar-refractivity contribution in [3.8, 4) is 22.7 Å². The van der Waals surface area contributed by atoms with Gasteiger partial charge in [0.2, 0.25) is 5.88 Å². The van der Waals surface area contributed by atoms with Gasteiger partial charge in [-0.05, 0) is 17.5 Å². The Morgan fingerprint density at radius 2 is 1.95 bits per heavy atom. The van der Waals surface area contributed by atoms with Gasteiger partial charge in [-0.3, -0.25) is 9.78 Å². The first-order valence-electron chi connectivity index (χ1n) is 5.95. The van der Waals surface area contributed by atoms with Crippen LogP contribution < -0.4 is 11.2 Å². The Balaban J connectivity index is 2.38. The van der Waals surface area contributed by atoms with Crippen LogP contribution in [0.5, 0.6) is 5.88 Å². The van der Waals surface area contributed by atoms with Gasteiger partial charge in [-0.1, -0.05) is 29.8 Å². The number of benzene rings is 1. The van der Waals surface area contributed by atoms with Crippen LogP contribution in [0.15, 0.2) is 50.7 Å². The minimum Gasteiger partial charge on any atom is -0.494 e. The van der Waals surface area contributed by atoms with Crippen LogP contribution in [0, 0.1) is 0 Å². The minimum absolute atomic E-state index is 0.0357. The first-order chi connectivity index (χ1) is 10.1. The van der Waals surface area contributed by atoms with Crippen LogP contribution in [0.25, 0.3) is 16.8 Å². The molecule has 0 unspecified atom stereocenters. The lowest BCUT2D eigenvalue weighted by molar-refractivity contribution is 0.434. The SMILES string of the molecule is O=c1[nH]c(=O)n(-c2ccsc2)c(O)c1-c1ccccc1Cl. The van der Waals surface area contributed by atoms with E-state index in [1.165, 1.54) is 11.3 Å². The molecule has 5 nitrogen and oxygen atoms in total. The summed E-state index contributed by atoms with van der Waals surface area (Å²) in [5.74, 6) is -0.435. The van der Waals surface area contributed by atoms with Gasteiger partial charge < -0.3 is 5.11 Å². The van der Waals surface area contributed by atoms with Crippen LogP contribution in [0.3, 0.4) is 0 Å². The first kappa shape index (κ1) is 13.7. The highest BCUT2D eigenvalue weighted by molar-refractivity contribution is 7.08. The van der Waals surface area contributed by atoms with Crippen LogP contribution in [-0.2, 0) is 0 Å². The molecule has 2 aromatic heterocycles. The average molecular weight is 321 g/mol. The average Bonchev–Trinajstić information content (AvgIpc) is 2.94. The van der Waals surface area contributed by atoms with E-state index < -0.39 is 17.1 Å². The largest absolute Gasteiger partial charge is 0.494 e. The Labute approximate surface area is 127 Å². The quantitative estimate of drug-likeness (QED) is 0.762. The minimum atomic E-state index is -0.702. The summed E-state index contributed by atoms with van der Waals surface area (Å²) in [5, 5.41) is 14.2. The van der Waals surface area contributed by atoms with Crippen molar-refractivity contribution < 1.29 is 5.11 Å². The number of aromatic amines is 1. The molecule has 0 radical (unpaired) electrons. The number of aromatic nitrogens is 2. The van der Waals surface area contributed by atoms with Crippen molar-refractivity contribution >= 4 is 22.9 Å². The molecule has 3 rings (SSSR count). The third-order valence-corrected chi connectivity index (χ3v) is 3.99. The van der Waals surface area contributed by atoms with E-state index >= 15 is 0 Å². The number of nitrogens with one attached hydrogen (secondary N) is 1. The number of hydrogen-bond acceptors (Lipinski definition) is 4. The molecule has 0 aliphatic heterocycles. The maximum Gasteiger partial charge on any atom is 0.335 e. The van der Waals surface area contributed by atoms with Crippen molar-refractivity contribution in [2.75, 3.05) is 0 Å². The van der Waals surface area contributed by atoms with E-state index in [-0.39, 0.29) is 5.56 Å². The number of H-pyrrole nitrogens is 1. The Hall–Kier alpha value is -2.31. The summed E-state index contributed by atoms with van der Waals surface area (Å²) in [5.41, 5.74) is -0.580. The molecule has 0 fully saturated rings. The van der Waals surface area contributed by atoms with Gasteiger partial charge in [0.05, 0.1) is 5.69 Å². The highest BCUT2D eigenvalue weighted by atomic mass is 35.5. The van der Waals surface area contributed by atoms with E-state index in [0.29, 0.717) is 16.3 Å². The van der Waals surface area contributed by atoms with Crippen LogP contribution in [-0.4, -0.2) is 14.7 Å². The molecule has 0 aliphatic rings. The molecule has 0 amide bonds. The molecule has 0 bridgehead atoms. The number of rotatable bonds is 2. The molecule has 0 atom stereocenters. The smallest absolute Gasteiger partial charge is 0.335 e. The number of thiophene rings is 1. The molecule has 7 heteroatoms.